The predicted octanol–water partition coefficient (Wildman–Crippen LogP) is 4.28. The van der Waals surface area contributed by atoms with Crippen LogP contribution in [0.3, 0.4) is 0 Å². The minimum absolute atomic E-state index is 0.102. The van der Waals surface area contributed by atoms with Gasteiger partial charge < -0.3 is 0 Å². The van der Waals surface area contributed by atoms with Gasteiger partial charge in [-0.1, -0.05) is 20.3 Å². The maximum atomic E-state index is 13.0. The number of hydrogen-bond donors (Lipinski definition) is 0. The topological polar surface area (TPSA) is 36.1 Å². The van der Waals surface area contributed by atoms with Gasteiger partial charge in [0.15, 0.2) is 6.04 Å². The quantitative estimate of drug-likeness (QED) is 0.713. The second-order valence-corrected chi connectivity index (χ2v) is 4.58. The van der Waals surface area contributed by atoms with E-state index in [4.69, 9.17) is 5.26 Å². The van der Waals surface area contributed by atoms with Crippen LogP contribution in [-0.2, 0) is 0 Å². The summed E-state index contributed by atoms with van der Waals surface area (Å²) in [5, 5.41) is 9.01. The highest BCUT2D eigenvalue weighted by Gasteiger charge is 2.49. The normalized spacial score (nSPS) is 23.9. The molecule has 0 aromatic rings. The van der Waals surface area contributed by atoms with E-state index >= 15 is 0 Å². The molecule has 0 fully saturated rings. The van der Waals surface area contributed by atoms with Gasteiger partial charge in [0.05, 0.1) is 5.57 Å². The molecule has 0 N–H and O–H groups in total. The van der Waals surface area contributed by atoms with Gasteiger partial charge in [-0.25, -0.2) is 8.78 Å². The first-order valence-electron chi connectivity index (χ1n) is 6.33. The predicted molar refractivity (Wildman–Crippen MR) is 64.6 cm³/mol. The van der Waals surface area contributed by atoms with Crippen LogP contribution in [0.15, 0.2) is 16.1 Å². The average molecular weight is 294 g/mol. The highest BCUT2D eigenvalue weighted by atomic mass is 19.4. The SMILES string of the molecule is CCCC1=C(C#N)C(C(F)F)=NC(C(F)(F)F)C1CC. The fourth-order valence-electron chi connectivity index (χ4n) is 2.49. The molecule has 0 aromatic carbocycles. The summed E-state index contributed by atoms with van der Waals surface area (Å²) in [5.41, 5.74) is -1.23. The third kappa shape index (κ3) is 3.17. The van der Waals surface area contributed by atoms with Crippen molar-refractivity contribution in [2.75, 3.05) is 0 Å². The number of aliphatic imine (C=N–C) groups is 1. The lowest BCUT2D eigenvalue weighted by Crippen LogP contribution is -2.41. The number of alkyl halides is 5. The molecule has 1 aliphatic heterocycles. The van der Waals surface area contributed by atoms with E-state index < -0.39 is 30.3 Å². The molecule has 7 heteroatoms. The fraction of sp³-hybridized carbons (Fsp3) is 0.692. The van der Waals surface area contributed by atoms with E-state index in [1.807, 2.05) is 0 Å². The molecular formula is C13H15F5N2. The zero-order valence-corrected chi connectivity index (χ0v) is 11.1. The Kier molecular flexibility index (Phi) is 5.26. The minimum atomic E-state index is -4.69. The molecule has 1 aliphatic rings. The van der Waals surface area contributed by atoms with Crippen molar-refractivity contribution in [3.05, 3.63) is 11.1 Å². The number of allylic oxidation sites excluding steroid dienone is 1. The third-order valence-electron chi connectivity index (χ3n) is 3.30. The molecule has 1 heterocycles. The van der Waals surface area contributed by atoms with E-state index in [2.05, 4.69) is 4.99 Å². The van der Waals surface area contributed by atoms with Gasteiger partial charge in [0.1, 0.15) is 11.8 Å². The largest absolute Gasteiger partial charge is 0.411 e. The molecule has 0 bridgehead atoms. The minimum Gasteiger partial charge on any atom is -0.269 e. The first-order valence-corrected chi connectivity index (χ1v) is 6.33. The van der Waals surface area contributed by atoms with Crippen molar-refractivity contribution >= 4 is 5.71 Å². The number of rotatable bonds is 4. The van der Waals surface area contributed by atoms with Crippen molar-refractivity contribution in [2.24, 2.45) is 10.9 Å². The van der Waals surface area contributed by atoms with Gasteiger partial charge in [-0.3, -0.25) is 4.99 Å². The molecule has 0 saturated heterocycles. The second kappa shape index (κ2) is 6.33. The van der Waals surface area contributed by atoms with Crippen molar-refractivity contribution < 1.29 is 22.0 Å². The molecule has 0 saturated carbocycles. The van der Waals surface area contributed by atoms with Crippen molar-refractivity contribution in [1.29, 1.82) is 5.26 Å². The Morgan fingerprint density at radius 2 is 1.90 bits per heavy atom. The van der Waals surface area contributed by atoms with Crippen LogP contribution in [0.5, 0.6) is 0 Å². The molecule has 112 valence electrons. The van der Waals surface area contributed by atoms with Crippen LogP contribution in [0.1, 0.15) is 33.1 Å². The highest BCUT2D eigenvalue weighted by Crippen LogP contribution is 2.40. The Morgan fingerprint density at radius 1 is 1.30 bits per heavy atom. The Labute approximate surface area is 114 Å². The molecule has 0 aromatic heterocycles. The summed E-state index contributed by atoms with van der Waals surface area (Å²) < 4.78 is 64.8. The van der Waals surface area contributed by atoms with E-state index in [0.717, 1.165) is 0 Å². The van der Waals surface area contributed by atoms with Gasteiger partial charge in [-0.05, 0) is 18.4 Å². The van der Waals surface area contributed by atoms with Crippen molar-refractivity contribution in [1.82, 2.24) is 0 Å². The Balaban J connectivity index is 3.44. The summed E-state index contributed by atoms with van der Waals surface area (Å²) >= 11 is 0. The summed E-state index contributed by atoms with van der Waals surface area (Å²) in [7, 11) is 0. The Morgan fingerprint density at radius 3 is 2.25 bits per heavy atom. The highest BCUT2D eigenvalue weighted by molar-refractivity contribution is 6.07. The fourth-order valence-corrected chi connectivity index (χ4v) is 2.49. The zero-order chi connectivity index (χ0) is 15.5. The number of hydrogen-bond acceptors (Lipinski definition) is 2. The summed E-state index contributed by atoms with van der Waals surface area (Å²) in [6, 6.07) is -0.577. The van der Waals surface area contributed by atoms with Gasteiger partial charge in [-0.2, -0.15) is 18.4 Å². The third-order valence-corrected chi connectivity index (χ3v) is 3.30. The maximum Gasteiger partial charge on any atom is 0.411 e. The number of nitrogens with zero attached hydrogens (tertiary/aromatic N) is 2. The summed E-state index contributed by atoms with van der Waals surface area (Å²) in [6.45, 7) is 3.27. The summed E-state index contributed by atoms with van der Waals surface area (Å²) in [4.78, 5) is 3.15. The van der Waals surface area contributed by atoms with Crippen molar-refractivity contribution in [3.8, 4) is 6.07 Å². The Bertz CT molecular complexity index is 456. The molecule has 0 amide bonds. The van der Waals surface area contributed by atoms with Gasteiger partial charge >= 0.3 is 6.18 Å². The summed E-state index contributed by atoms with van der Waals surface area (Å²) in [6.07, 6.45) is -7.09. The smallest absolute Gasteiger partial charge is 0.269 e. The van der Waals surface area contributed by atoms with E-state index in [0.29, 0.717) is 6.42 Å². The lowest BCUT2D eigenvalue weighted by atomic mass is 9.80. The van der Waals surface area contributed by atoms with E-state index in [1.165, 1.54) is 6.92 Å². The van der Waals surface area contributed by atoms with E-state index in [1.54, 1.807) is 13.0 Å². The zero-order valence-electron chi connectivity index (χ0n) is 11.1. The van der Waals surface area contributed by atoms with Gasteiger partial charge in [0.2, 0.25) is 0 Å². The maximum absolute atomic E-state index is 13.0. The van der Waals surface area contributed by atoms with Crippen LogP contribution >= 0.6 is 0 Å². The van der Waals surface area contributed by atoms with Crippen LogP contribution in [0, 0.1) is 17.2 Å². The van der Waals surface area contributed by atoms with Gasteiger partial charge in [0, 0.05) is 5.92 Å². The van der Waals surface area contributed by atoms with Crippen molar-refractivity contribution in [2.45, 2.75) is 51.8 Å². The average Bonchev–Trinajstić information content (AvgIpc) is 2.36. The van der Waals surface area contributed by atoms with Crippen LogP contribution in [-0.4, -0.2) is 24.4 Å². The Hall–Kier alpha value is -1.45. The first kappa shape index (κ1) is 16.6. The molecular weight excluding hydrogens is 279 g/mol. The molecule has 2 atom stereocenters. The first-order chi connectivity index (χ1) is 9.27. The van der Waals surface area contributed by atoms with Crippen LogP contribution in [0.4, 0.5) is 22.0 Å². The van der Waals surface area contributed by atoms with Gasteiger partial charge in [-0.15, -0.1) is 0 Å². The van der Waals surface area contributed by atoms with Gasteiger partial charge in [0.25, 0.3) is 6.43 Å². The lowest BCUT2D eigenvalue weighted by Gasteiger charge is -2.32. The molecule has 0 radical (unpaired) electrons. The molecule has 0 aliphatic carbocycles. The standard InChI is InChI=1S/C13H15F5N2/c1-3-5-8-7(4-2)11(13(16,17)18)20-10(12(14)15)9(8)6-19/h7,11-12H,3-5H2,1-2H3. The molecule has 20 heavy (non-hydrogen) atoms. The number of halogens is 5. The van der Waals surface area contributed by atoms with E-state index in [9.17, 15) is 22.0 Å². The molecule has 2 unspecified atom stereocenters. The van der Waals surface area contributed by atoms with Crippen LogP contribution < -0.4 is 0 Å². The van der Waals surface area contributed by atoms with Crippen molar-refractivity contribution in [3.63, 3.8) is 0 Å². The lowest BCUT2D eigenvalue weighted by molar-refractivity contribution is -0.156. The monoisotopic (exact) mass is 294 g/mol. The second-order valence-electron chi connectivity index (χ2n) is 4.58. The summed E-state index contributed by atoms with van der Waals surface area (Å²) in [5.74, 6) is -1.04. The van der Waals surface area contributed by atoms with Crippen LogP contribution in [0.25, 0.3) is 0 Å². The molecule has 0 spiro atoms. The van der Waals surface area contributed by atoms with Crippen LogP contribution in [0.2, 0.25) is 0 Å². The van der Waals surface area contributed by atoms with E-state index in [-0.39, 0.29) is 24.0 Å². The molecule has 1 rings (SSSR count). The number of dihydropyridines is 1. The molecule has 2 nitrogen and oxygen atoms in total. The number of nitriles is 1.